The third-order valence-electron chi connectivity index (χ3n) is 1.91. The van der Waals surface area contributed by atoms with Gasteiger partial charge in [0.1, 0.15) is 11.8 Å². The summed E-state index contributed by atoms with van der Waals surface area (Å²) in [5.41, 5.74) is 1.13. The standard InChI is InChI=1S/C10H10N6S2/c1-6-4-7(5-11)13-8(12-6)17-10-15-14-9(18-10)16(2)3/h4H,1-3H3. The summed E-state index contributed by atoms with van der Waals surface area (Å²) in [6, 6.07) is 3.66. The zero-order valence-corrected chi connectivity index (χ0v) is 11.7. The second-order valence-electron chi connectivity index (χ2n) is 3.64. The first-order chi connectivity index (χ1) is 8.58. The van der Waals surface area contributed by atoms with Crippen LogP contribution in [0.5, 0.6) is 0 Å². The molecular formula is C10H10N6S2. The fraction of sp³-hybridized carbons (Fsp3) is 0.300. The molecule has 2 heterocycles. The molecule has 0 radical (unpaired) electrons. The van der Waals surface area contributed by atoms with Crippen molar-refractivity contribution >= 4 is 28.2 Å². The van der Waals surface area contributed by atoms with Crippen LogP contribution in [-0.4, -0.2) is 34.3 Å². The molecule has 2 rings (SSSR count). The molecule has 0 aliphatic heterocycles. The summed E-state index contributed by atoms with van der Waals surface area (Å²) in [6.45, 7) is 1.83. The van der Waals surface area contributed by atoms with Crippen LogP contribution in [0.3, 0.4) is 0 Å². The first kappa shape index (κ1) is 12.7. The van der Waals surface area contributed by atoms with Crippen molar-refractivity contribution in [2.75, 3.05) is 19.0 Å². The predicted molar refractivity (Wildman–Crippen MR) is 69.8 cm³/mol. The van der Waals surface area contributed by atoms with Gasteiger partial charge in [0.25, 0.3) is 0 Å². The van der Waals surface area contributed by atoms with Gasteiger partial charge in [-0.3, -0.25) is 0 Å². The van der Waals surface area contributed by atoms with Crippen molar-refractivity contribution in [3.63, 3.8) is 0 Å². The summed E-state index contributed by atoms with van der Waals surface area (Å²) < 4.78 is 0.758. The smallest absolute Gasteiger partial charge is 0.208 e. The molecule has 0 aliphatic carbocycles. The second-order valence-corrected chi connectivity index (χ2v) is 5.81. The van der Waals surface area contributed by atoms with E-state index in [1.165, 1.54) is 23.1 Å². The molecule has 0 atom stereocenters. The van der Waals surface area contributed by atoms with Gasteiger partial charge in [-0.2, -0.15) is 5.26 Å². The van der Waals surface area contributed by atoms with Crippen LogP contribution in [0.1, 0.15) is 11.4 Å². The van der Waals surface area contributed by atoms with Crippen molar-refractivity contribution in [3.8, 4) is 6.07 Å². The Labute approximate surface area is 113 Å². The first-order valence-electron chi connectivity index (χ1n) is 5.03. The minimum absolute atomic E-state index is 0.363. The Morgan fingerprint density at radius 1 is 1.33 bits per heavy atom. The molecule has 18 heavy (non-hydrogen) atoms. The summed E-state index contributed by atoms with van der Waals surface area (Å²) in [6.07, 6.45) is 0. The summed E-state index contributed by atoms with van der Waals surface area (Å²) in [4.78, 5) is 10.3. The Morgan fingerprint density at radius 2 is 2.11 bits per heavy atom. The first-order valence-corrected chi connectivity index (χ1v) is 6.66. The van der Waals surface area contributed by atoms with Crippen molar-refractivity contribution in [3.05, 3.63) is 17.5 Å². The second kappa shape index (κ2) is 5.29. The number of hydrogen-bond acceptors (Lipinski definition) is 8. The van der Waals surface area contributed by atoms with Crippen LogP contribution in [0.4, 0.5) is 5.13 Å². The molecule has 0 unspecified atom stereocenters. The van der Waals surface area contributed by atoms with E-state index in [1.807, 2.05) is 32.0 Å². The lowest BCUT2D eigenvalue weighted by molar-refractivity contribution is 0.912. The van der Waals surface area contributed by atoms with Crippen molar-refractivity contribution in [1.82, 2.24) is 20.2 Å². The lowest BCUT2D eigenvalue weighted by Crippen LogP contribution is -2.07. The Bertz CT molecular complexity index is 601. The Hall–Kier alpha value is -1.72. The highest BCUT2D eigenvalue weighted by atomic mass is 32.2. The van der Waals surface area contributed by atoms with Gasteiger partial charge in [0.15, 0.2) is 9.50 Å². The Balaban J connectivity index is 2.23. The molecule has 2 aromatic heterocycles. The number of anilines is 1. The minimum Gasteiger partial charge on any atom is -0.353 e. The Kier molecular flexibility index (Phi) is 3.74. The van der Waals surface area contributed by atoms with E-state index < -0.39 is 0 Å². The van der Waals surface area contributed by atoms with Gasteiger partial charge in [-0.15, -0.1) is 10.2 Å². The zero-order chi connectivity index (χ0) is 13.1. The zero-order valence-electron chi connectivity index (χ0n) is 10.1. The van der Waals surface area contributed by atoms with Gasteiger partial charge >= 0.3 is 0 Å². The summed E-state index contributed by atoms with van der Waals surface area (Å²) in [7, 11) is 3.82. The molecule has 0 fully saturated rings. The van der Waals surface area contributed by atoms with Gasteiger partial charge in [-0.05, 0) is 24.8 Å². The Morgan fingerprint density at radius 3 is 2.72 bits per heavy atom. The van der Waals surface area contributed by atoms with Crippen LogP contribution < -0.4 is 4.90 Å². The van der Waals surface area contributed by atoms with Crippen LogP contribution in [0.2, 0.25) is 0 Å². The molecule has 8 heteroatoms. The van der Waals surface area contributed by atoms with Crippen LogP contribution >= 0.6 is 23.1 Å². The number of aromatic nitrogens is 4. The SMILES string of the molecule is Cc1cc(C#N)nc(Sc2nnc(N(C)C)s2)n1. The monoisotopic (exact) mass is 278 g/mol. The molecule has 2 aromatic rings. The number of rotatable bonds is 3. The highest BCUT2D eigenvalue weighted by molar-refractivity contribution is 8.00. The average molecular weight is 278 g/mol. The molecule has 0 bridgehead atoms. The largest absolute Gasteiger partial charge is 0.353 e. The van der Waals surface area contributed by atoms with E-state index >= 15 is 0 Å². The normalized spacial score (nSPS) is 10.1. The lowest BCUT2D eigenvalue weighted by Gasteiger charge is -2.03. The summed E-state index contributed by atoms with van der Waals surface area (Å²) in [5.74, 6) is 0. The predicted octanol–water partition coefficient (Wildman–Crippen LogP) is 1.73. The van der Waals surface area contributed by atoms with Gasteiger partial charge in [0.05, 0.1) is 0 Å². The fourth-order valence-corrected chi connectivity index (χ4v) is 2.83. The van der Waals surface area contributed by atoms with E-state index in [-0.39, 0.29) is 0 Å². The highest BCUT2D eigenvalue weighted by Crippen LogP contribution is 2.30. The van der Waals surface area contributed by atoms with Gasteiger partial charge in [-0.25, -0.2) is 9.97 Å². The summed E-state index contributed by atoms with van der Waals surface area (Å²) >= 11 is 2.77. The maximum atomic E-state index is 8.85. The molecular weight excluding hydrogens is 268 g/mol. The lowest BCUT2D eigenvalue weighted by atomic mass is 10.4. The molecule has 0 spiro atoms. The topological polar surface area (TPSA) is 78.6 Å². The van der Waals surface area contributed by atoms with Crippen molar-refractivity contribution in [2.45, 2.75) is 16.4 Å². The van der Waals surface area contributed by atoms with Gasteiger partial charge in [-0.1, -0.05) is 11.3 Å². The van der Waals surface area contributed by atoms with Crippen molar-refractivity contribution < 1.29 is 0 Å². The fourth-order valence-electron chi connectivity index (χ4n) is 1.15. The van der Waals surface area contributed by atoms with Crippen LogP contribution in [-0.2, 0) is 0 Å². The molecule has 0 aromatic carbocycles. The molecule has 0 saturated heterocycles. The van der Waals surface area contributed by atoms with E-state index in [2.05, 4.69) is 20.2 Å². The summed E-state index contributed by atoms with van der Waals surface area (Å²) in [5, 5.41) is 18.3. The van der Waals surface area contributed by atoms with Crippen molar-refractivity contribution in [2.24, 2.45) is 0 Å². The molecule has 0 saturated carbocycles. The molecule has 0 N–H and O–H groups in total. The van der Waals surface area contributed by atoms with Gasteiger partial charge < -0.3 is 4.90 Å². The van der Waals surface area contributed by atoms with Crippen molar-refractivity contribution in [1.29, 1.82) is 5.26 Å². The third kappa shape index (κ3) is 2.94. The maximum absolute atomic E-state index is 8.85. The number of nitrogens with zero attached hydrogens (tertiary/aromatic N) is 6. The number of nitriles is 1. The average Bonchev–Trinajstić information content (AvgIpc) is 2.76. The van der Waals surface area contributed by atoms with Gasteiger partial charge in [0, 0.05) is 19.8 Å². The van der Waals surface area contributed by atoms with E-state index in [9.17, 15) is 0 Å². The van der Waals surface area contributed by atoms with Gasteiger partial charge in [0.2, 0.25) is 5.13 Å². The number of hydrogen-bond donors (Lipinski definition) is 0. The van der Waals surface area contributed by atoms with E-state index in [4.69, 9.17) is 5.26 Å². The van der Waals surface area contributed by atoms with E-state index in [0.29, 0.717) is 10.9 Å². The third-order valence-corrected chi connectivity index (χ3v) is 3.91. The maximum Gasteiger partial charge on any atom is 0.208 e. The highest BCUT2D eigenvalue weighted by Gasteiger charge is 2.10. The van der Waals surface area contributed by atoms with Crippen LogP contribution in [0.15, 0.2) is 15.6 Å². The van der Waals surface area contributed by atoms with Crippen LogP contribution in [0, 0.1) is 18.3 Å². The van der Waals surface area contributed by atoms with E-state index in [1.54, 1.807) is 6.07 Å². The minimum atomic E-state index is 0.363. The molecule has 0 aliphatic rings. The molecule has 0 amide bonds. The molecule has 92 valence electrons. The molecule has 6 nitrogen and oxygen atoms in total. The van der Waals surface area contributed by atoms with Crippen LogP contribution in [0.25, 0.3) is 0 Å². The number of aryl methyl sites for hydroxylation is 1. The quantitative estimate of drug-likeness (QED) is 0.791. The van der Waals surface area contributed by atoms with E-state index in [0.717, 1.165) is 15.2 Å².